The van der Waals surface area contributed by atoms with Gasteiger partial charge in [-0.2, -0.15) is 0 Å². The first-order valence-corrected chi connectivity index (χ1v) is 11.0. The van der Waals surface area contributed by atoms with E-state index in [0.29, 0.717) is 0 Å². The second-order valence-corrected chi connectivity index (χ2v) is 6.66. The average molecular weight is 185 g/mol. The van der Waals surface area contributed by atoms with Crippen LogP contribution in [0.2, 0.25) is 0 Å². The van der Waals surface area contributed by atoms with Crippen LogP contribution in [0.3, 0.4) is 0 Å². The summed E-state index contributed by atoms with van der Waals surface area (Å²) in [6.45, 7) is 4.98. The Morgan fingerprint density at radius 1 is 1.55 bits per heavy atom. The SMILES string of the molecule is C=CCN([SiH2][SiH3])C1CCCC1. The molecule has 1 rings (SSSR count). The zero-order valence-corrected chi connectivity index (χ0v) is 11.0. The van der Waals surface area contributed by atoms with Gasteiger partial charge in [-0.1, -0.05) is 18.9 Å². The van der Waals surface area contributed by atoms with Gasteiger partial charge in [-0.15, -0.1) is 6.58 Å². The lowest BCUT2D eigenvalue weighted by Crippen LogP contribution is -2.36. The van der Waals surface area contributed by atoms with Crippen LogP contribution in [0.25, 0.3) is 0 Å². The lowest BCUT2D eigenvalue weighted by atomic mass is 10.2. The summed E-state index contributed by atoms with van der Waals surface area (Å²) in [4.78, 5) is 0. The smallest absolute Gasteiger partial charge is 0.0763 e. The molecule has 0 heterocycles. The van der Waals surface area contributed by atoms with Gasteiger partial charge in [0, 0.05) is 22.3 Å². The summed E-state index contributed by atoms with van der Waals surface area (Å²) in [7, 11) is 1.63. The minimum absolute atomic E-state index is 0.189. The van der Waals surface area contributed by atoms with Crippen molar-refractivity contribution in [3.05, 3.63) is 12.7 Å². The van der Waals surface area contributed by atoms with Crippen LogP contribution in [0.15, 0.2) is 12.7 Å². The summed E-state index contributed by atoms with van der Waals surface area (Å²) < 4.78 is 2.73. The quantitative estimate of drug-likeness (QED) is 0.432. The second-order valence-electron chi connectivity index (χ2n) is 3.31. The molecule has 0 aromatic heterocycles. The Balaban J connectivity index is 2.33. The van der Waals surface area contributed by atoms with Crippen LogP contribution in [0, 0.1) is 0 Å². The Labute approximate surface area is 75.0 Å². The molecular formula is C8H19NSi2. The van der Waals surface area contributed by atoms with E-state index in [-0.39, 0.29) is 9.20 Å². The molecule has 0 atom stereocenters. The van der Waals surface area contributed by atoms with Gasteiger partial charge < -0.3 is 4.57 Å². The summed E-state index contributed by atoms with van der Waals surface area (Å²) in [5, 5.41) is 0. The number of nitrogens with zero attached hydrogens (tertiary/aromatic N) is 1. The van der Waals surface area contributed by atoms with Crippen molar-refractivity contribution in [3.8, 4) is 0 Å². The fourth-order valence-corrected chi connectivity index (χ4v) is 5.62. The molecule has 1 aliphatic rings. The van der Waals surface area contributed by atoms with Gasteiger partial charge in [-0.05, 0) is 12.8 Å². The van der Waals surface area contributed by atoms with E-state index in [2.05, 4.69) is 17.2 Å². The van der Waals surface area contributed by atoms with Crippen LogP contribution >= 0.6 is 0 Å². The van der Waals surface area contributed by atoms with Crippen LogP contribution in [-0.4, -0.2) is 36.1 Å². The van der Waals surface area contributed by atoms with Crippen molar-refractivity contribution in [2.75, 3.05) is 6.54 Å². The second kappa shape index (κ2) is 4.90. The number of hydrogen-bond donors (Lipinski definition) is 0. The number of hydrogen-bond acceptors (Lipinski definition) is 1. The van der Waals surface area contributed by atoms with E-state index in [0.717, 1.165) is 6.04 Å². The first kappa shape index (κ1) is 9.22. The molecule has 64 valence electrons. The molecule has 0 amide bonds. The molecule has 0 N–H and O–H groups in total. The molecule has 0 aromatic rings. The fraction of sp³-hybridized carbons (Fsp3) is 0.750. The standard InChI is InChI=1S/C8H19NSi2/c1-2-7-9(11-10)8-5-3-4-6-8/h2,8H,1,3-7,11H2,10H3. The first-order valence-electron chi connectivity index (χ1n) is 4.73. The Kier molecular flexibility index (Phi) is 4.11. The summed E-state index contributed by atoms with van der Waals surface area (Å²) in [6, 6.07) is 0.956. The maximum absolute atomic E-state index is 3.82. The van der Waals surface area contributed by atoms with Crippen LogP contribution < -0.4 is 0 Å². The van der Waals surface area contributed by atoms with Gasteiger partial charge in [0.05, 0.1) is 9.20 Å². The third-order valence-electron chi connectivity index (χ3n) is 2.61. The zero-order valence-electron chi connectivity index (χ0n) is 7.55. The fourth-order valence-electron chi connectivity index (χ4n) is 1.97. The molecule has 1 saturated carbocycles. The van der Waals surface area contributed by atoms with E-state index in [1.807, 2.05) is 0 Å². The van der Waals surface area contributed by atoms with Crippen molar-refractivity contribution in [2.45, 2.75) is 31.7 Å². The molecule has 1 aliphatic carbocycles. The molecule has 0 unspecified atom stereocenters. The van der Waals surface area contributed by atoms with E-state index >= 15 is 0 Å². The Bertz CT molecular complexity index is 121. The zero-order chi connectivity index (χ0) is 8.10. The van der Waals surface area contributed by atoms with Crippen LogP contribution in [-0.2, 0) is 0 Å². The monoisotopic (exact) mass is 185 g/mol. The van der Waals surface area contributed by atoms with E-state index in [4.69, 9.17) is 0 Å². The summed E-state index contributed by atoms with van der Waals surface area (Å²) in [5.74, 6) is 0. The van der Waals surface area contributed by atoms with Crippen molar-refractivity contribution in [1.82, 2.24) is 4.57 Å². The minimum atomic E-state index is 0.189. The van der Waals surface area contributed by atoms with Crippen molar-refractivity contribution >= 4 is 19.0 Å². The van der Waals surface area contributed by atoms with Crippen LogP contribution in [0.4, 0.5) is 0 Å². The third-order valence-corrected chi connectivity index (χ3v) is 6.63. The van der Waals surface area contributed by atoms with Gasteiger partial charge >= 0.3 is 0 Å². The van der Waals surface area contributed by atoms with Gasteiger partial charge in [-0.25, -0.2) is 0 Å². The van der Waals surface area contributed by atoms with E-state index in [1.165, 1.54) is 42.0 Å². The summed E-state index contributed by atoms with van der Waals surface area (Å²) >= 11 is 0. The minimum Gasteiger partial charge on any atom is -0.326 e. The first-order chi connectivity index (χ1) is 5.38. The van der Waals surface area contributed by atoms with Crippen molar-refractivity contribution < 1.29 is 0 Å². The van der Waals surface area contributed by atoms with Gasteiger partial charge in [0.2, 0.25) is 0 Å². The number of rotatable bonds is 4. The molecule has 0 spiro atoms. The molecule has 0 aromatic carbocycles. The molecule has 0 saturated heterocycles. The molecule has 0 radical (unpaired) electrons. The van der Waals surface area contributed by atoms with E-state index in [1.54, 1.807) is 0 Å². The molecular weight excluding hydrogens is 166 g/mol. The van der Waals surface area contributed by atoms with Crippen molar-refractivity contribution in [1.29, 1.82) is 0 Å². The Morgan fingerprint density at radius 2 is 2.18 bits per heavy atom. The highest BCUT2D eigenvalue weighted by molar-refractivity contribution is 6.87. The van der Waals surface area contributed by atoms with Gasteiger partial charge in [0.15, 0.2) is 0 Å². The highest BCUT2D eigenvalue weighted by atomic mass is 29.1. The molecule has 1 fully saturated rings. The highest BCUT2D eigenvalue weighted by Gasteiger charge is 2.19. The highest BCUT2D eigenvalue weighted by Crippen LogP contribution is 2.22. The summed E-state index contributed by atoms with van der Waals surface area (Å²) in [6.07, 6.45) is 7.93. The topological polar surface area (TPSA) is 3.24 Å². The maximum Gasteiger partial charge on any atom is 0.0763 e. The maximum atomic E-state index is 3.82. The molecule has 1 nitrogen and oxygen atoms in total. The van der Waals surface area contributed by atoms with Gasteiger partial charge in [0.1, 0.15) is 0 Å². The van der Waals surface area contributed by atoms with Crippen molar-refractivity contribution in [3.63, 3.8) is 0 Å². The lowest BCUT2D eigenvalue weighted by Gasteiger charge is -2.25. The Morgan fingerprint density at radius 3 is 2.64 bits per heavy atom. The summed E-state index contributed by atoms with van der Waals surface area (Å²) in [5.41, 5.74) is 0. The predicted molar refractivity (Wildman–Crippen MR) is 57.6 cm³/mol. The Hall–Kier alpha value is 0.134. The largest absolute Gasteiger partial charge is 0.326 e. The molecule has 0 bridgehead atoms. The predicted octanol–water partition coefficient (Wildman–Crippen LogP) is -0.219. The van der Waals surface area contributed by atoms with Gasteiger partial charge in [0.25, 0.3) is 0 Å². The van der Waals surface area contributed by atoms with Gasteiger partial charge in [-0.3, -0.25) is 0 Å². The van der Waals surface area contributed by atoms with Crippen LogP contribution in [0.5, 0.6) is 0 Å². The molecule has 3 heteroatoms. The van der Waals surface area contributed by atoms with E-state index in [9.17, 15) is 0 Å². The van der Waals surface area contributed by atoms with E-state index < -0.39 is 0 Å². The third kappa shape index (κ3) is 2.58. The normalized spacial score (nSPS) is 20.8. The van der Waals surface area contributed by atoms with Crippen LogP contribution in [0.1, 0.15) is 25.7 Å². The lowest BCUT2D eigenvalue weighted by molar-refractivity contribution is 0.368. The average Bonchev–Trinajstić information content (AvgIpc) is 2.52. The molecule has 11 heavy (non-hydrogen) atoms. The van der Waals surface area contributed by atoms with Crippen molar-refractivity contribution in [2.24, 2.45) is 0 Å². The molecule has 0 aliphatic heterocycles.